The zero-order chi connectivity index (χ0) is 22.9. The van der Waals surface area contributed by atoms with Crippen LogP contribution in [-0.2, 0) is 11.2 Å². The van der Waals surface area contributed by atoms with E-state index in [1.807, 2.05) is 31.3 Å². The molecule has 1 amide bonds. The number of hydrogen-bond acceptors (Lipinski definition) is 7. The average Bonchev–Trinajstić information content (AvgIpc) is 2.84. The topological polar surface area (TPSA) is 101 Å². The first-order valence-electron chi connectivity index (χ1n) is 11.6. The van der Waals surface area contributed by atoms with Crippen LogP contribution in [0.5, 0.6) is 0 Å². The first-order chi connectivity index (χ1) is 16.0. The van der Waals surface area contributed by atoms with Crippen molar-refractivity contribution in [1.82, 2.24) is 19.9 Å². The number of hydrogen-bond donors (Lipinski definition) is 1. The molecule has 8 heteroatoms. The van der Waals surface area contributed by atoms with Crippen LogP contribution in [0.25, 0.3) is 11.5 Å². The van der Waals surface area contributed by atoms with Gasteiger partial charge in [-0.2, -0.15) is 0 Å². The van der Waals surface area contributed by atoms with E-state index in [4.69, 9.17) is 15.7 Å². The summed E-state index contributed by atoms with van der Waals surface area (Å²) in [5.41, 5.74) is 10.6. The molecule has 5 heterocycles. The minimum atomic E-state index is -0.211. The minimum Gasteiger partial charge on any atom is -0.371 e. The molecule has 1 fully saturated rings. The van der Waals surface area contributed by atoms with Gasteiger partial charge >= 0.3 is 0 Å². The number of anilines is 2. The van der Waals surface area contributed by atoms with Crippen LogP contribution in [0.1, 0.15) is 42.8 Å². The van der Waals surface area contributed by atoms with Gasteiger partial charge in [0.15, 0.2) is 5.82 Å². The second-order valence-corrected chi connectivity index (χ2v) is 8.94. The molecule has 2 unspecified atom stereocenters. The standard InChI is InChI=1S/C25H29N7O/c1-16-12-19(31-10-5-6-18(15-31)24(26)33)13-23(29-16)32-11-8-21-20(17(32)2)14-28-25(30-21)22-7-3-4-9-27-22/h3-4,7,9,12-14,17-18H,5-6,8,10-11,15H2,1-2H3,(H2,26,33). The number of carbonyl (C=O) groups excluding carboxylic acids is 1. The van der Waals surface area contributed by atoms with Crippen molar-refractivity contribution < 1.29 is 4.79 Å². The van der Waals surface area contributed by atoms with Gasteiger partial charge < -0.3 is 15.5 Å². The lowest BCUT2D eigenvalue weighted by Crippen LogP contribution is -2.41. The molecule has 8 nitrogen and oxygen atoms in total. The summed E-state index contributed by atoms with van der Waals surface area (Å²) in [5.74, 6) is 1.30. The number of pyridine rings is 2. The molecule has 1 saturated heterocycles. The van der Waals surface area contributed by atoms with E-state index in [0.29, 0.717) is 12.4 Å². The van der Waals surface area contributed by atoms with Crippen molar-refractivity contribution in [3.8, 4) is 11.5 Å². The number of primary amides is 1. The molecule has 2 N–H and O–H groups in total. The third kappa shape index (κ3) is 4.25. The number of piperidine rings is 1. The number of nitrogens with two attached hydrogens (primary N) is 1. The lowest BCUT2D eigenvalue weighted by molar-refractivity contribution is -0.122. The number of rotatable bonds is 4. The van der Waals surface area contributed by atoms with Gasteiger partial charge in [0.05, 0.1) is 17.7 Å². The molecule has 5 rings (SSSR count). The largest absolute Gasteiger partial charge is 0.371 e. The van der Waals surface area contributed by atoms with Crippen LogP contribution >= 0.6 is 0 Å². The Morgan fingerprint density at radius 3 is 2.82 bits per heavy atom. The summed E-state index contributed by atoms with van der Waals surface area (Å²) in [4.78, 5) is 35.0. The van der Waals surface area contributed by atoms with Gasteiger partial charge in [-0.1, -0.05) is 6.07 Å². The van der Waals surface area contributed by atoms with Crippen molar-refractivity contribution in [3.05, 3.63) is 59.7 Å². The molecular weight excluding hydrogens is 414 g/mol. The third-order valence-electron chi connectivity index (χ3n) is 6.71. The van der Waals surface area contributed by atoms with Gasteiger partial charge in [0.2, 0.25) is 5.91 Å². The number of amides is 1. The van der Waals surface area contributed by atoms with Crippen LogP contribution < -0.4 is 15.5 Å². The van der Waals surface area contributed by atoms with E-state index in [0.717, 1.165) is 66.5 Å². The van der Waals surface area contributed by atoms with Gasteiger partial charge in [-0.05, 0) is 44.9 Å². The van der Waals surface area contributed by atoms with Gasteiger partial charge in [-0.25, -0.2) is 15.0 Å². The summed E-state index contributed by atoms with van der Waals surface area (Å²) in [7, 11) is 0. The average molecular weight is 444 g/mol. The van der Waals surface area contributed by atoms with Crippen LogP contribution in [0.3, 0.4) is 0 Å². The fourth-order valence-electron chi connectivity index (χ4n) is 4.90. The smallest absolute Gasteiger partial charge is 0.222 e. The van der Waals surface area contributed by atoms with Gasteiger partial charge in [-0.3, -0.25) is 9.78 Å². The van der Waals surface area contributed by atoms with Crippen molar-refractivity contribution in [2.45, 2.75) is 39.2 Å². The summed E-state index contributed by atoms with van der Waals surface area (Å²) in [6.07, 6.45) is 6.34. The van der Waals surface area contributed by atoms with Crippen molar-refractivity contribution in [3.63, 3.8) is 0 Å². The van der Waals surface area contributed by atoms with Gasteiger partial charge in [0.1, 0.15) is 11.5 Å². The van der Waals surface area contributed by atoms with Gasteiger partial charge in [0.25, 0.3) is 0 Å². The Balaban J connectivity index is 1.41. The fourth-order valence-corrected chi connectivity index (χ4v) is 4.90. The Morgan fingerprint density at radius 1 is 1.15 bits per heavy atom. The Kier molecular flexibility index (Phi) is 5.66. The van der Waals surface area contributed by atoms with E-state index < -0.39 is 0 Å². The highest BCUT2D eigenvalue weighted by atomic mass is 16.1. The Morgan fingerprint density at radius 2 is 2.03 bits per heavy atom. The summed E-state index contributed by atoms with van der Waals surface area (Å²) in [5, 5.41) is 0. The van der Waals surface area contributed by atoms with Crippen LogP contribution in [-0.4, -0.2) is 45.5 Å². The lowest BCUT2D eigenvalue weighted by Gasteiger charge is -2.37. The maximum Gasteiger partial charge on any atom is 0.222 e. The summed E-state index contributed by atoms with van der Waals surface area (Å²) >= 11 is 0. The summed E-state index contributed by atoms with van der Waals surface area (Å²) in [6, 6.07) is 10.1. The molecule has 2 aliphatic rings. The maximum atomic E-state index is 11.7. The Hall–Kier alpha value is -3.55. The highest BCUT2D eigenvalue weighted by molar-refractivity contribution is 5.77. The van der Waals surface area contributed by atoms with E-state index in [2.05, 4.69) is 38.8 Å². The van der Waals surface area contributed by atoms with Crippen LogP contribution in [0.4, 0.5) is 11.5 Å². The van der Waals surface area contributed by atoms with Crippen LogP contribution in [0.2, 0.25) is 0 Å². The van der Waals surface area contributed by atoms with Crippen molar-refractivity contribution in [2.75, 3.05) is 29.4 Å². The van der Waals surface area contributed by atoms with E-state index >= 15 is 0 Å². The zero-order valence-electron chi connectivity index (χ0n) is 19.1. The third-order valence-corrected chi connectivity index (χ3v) is 6.71. The first-order valence-corrected chi connectivity index (χ1v) is 11.6. The van der Waals surface area contributed by atoms with E-state index in [1.54, 1.807) is 6.20 Å². The summed E-state index contributed by atoms with van der Waals surface area (Å²) < 4.78 is 0. The molecule has 33 heavy (non-hydrogen) atoms. The SMILES string of the molecule is Cc1cc(N2CCCC(C(N)=O)C2)cc(N2CCc3nc(-c4ccccn4)ncc3C2C)n1. The quantitative estimate of drug-likeness (QED) is 0.661. The second kappa shape index (κ2) is 8.77. The highest BCUT2D eigenvalue weighted by Gasteiger charge is 2.29. The molecule has 0 aliphatic carbocycles. The van der Waals surface area contributed by atoms with Crippen molar-refractivity contribution >= 4 is 17.4 Å². The van der Waals surface area contributed by atoms with Gasteiger partial charge in [0, 0.05) is 61.5 Å². The van der Waals surface area contributed by atoms with Crippen LogP contribution in [0, 0.1) is 12.8 Å². The molecule has 3 aromatic heterocycles. The number of fused-ring (bicyclic) bond motifs is 1. The molecule has 0 bridgehead atoms. The molecular formula is C25H29N7O. The Labute approximate surface area is 193 Å². The van der Waals surface area contributed by atoms with Crippen LogP contribution in [0.15, 0.2) is 42.7 Å². The molecule has 3 aromatic rings. The molecule has 0 aromatic carbocycles. The normalized spacial score (nSPS) is 20.4. The number of aromatic nitrogens is 4. The second-order valence-electron chi connectivity index (χ2n) is 8.94. The molecule has 0 radical (unpaired) electrons. The van der Waals surface area contributed by atoms with E-state index in [9.17, 15) is 4.79 Å². The van der Waals surface area contributed by atoms with Crippen molar-refractivity contribution in [2.24, 2.45) is 11.7 Å². The number of aryl methyl sites for hydroxylation is 1. The molecule has 170 valence electrons. The predicted octanol–water partition coefficient (Wildman–Crippen LogP) is 3.07. The first kappa shape index (κ1) is 21.3. The zero-order valence-corrected chi connectivity index (χ0v) is 19.1. The van der Waals surface area contributed by atoms with E-state index in [1.165, 1.54) is 0 Å². The number of carbonyl (C=O) groups is 1. The molecule has 2 atom stereocenters. The minimum absolute atomic E-state index is 0.0955. The highest BCUT2D eigenvalue weighted by Crippen LogP contribution is 2.34. The fraction of sp³-hybridized carbons (Fsp3) is 0.400. The predicted molar refractivity (Wildman–Crippen MR) is 128 cm³/mol. The van der Waals surface area contributed by atoms with E-state index in [-0.39, 0.29) is 17.9 Å². The molecule has 0 saturated carbocycles. The lowest BCUT2D eigenvalue weighted by atomic mass is 9.97. The van der Waals surface area contributed by atoms with Gasteiger partial charge in [-0.15, -0.1) is 0 Å². The number of nitrogens with zero attached hydrogens (tertiary/aromatic N) is 6. The summed E-state index contributed by atoms with van der Waals surface area (Å²) in [6.45, 7) is 6.62. The maximum absolute atomic E-state index is 11.7. The Bertz CT molecular complexity index is 1170. The monoisotopic (exact) mass is 443 g/mol. The van der Waals surface area contributed by atoms with Crippen molar-refractivity contribution in [1.29, 1.82) is 0 Å². The molecule has 2 aliphatic heterocycles. The molecule has 0 spiro atoms.